The Morgan fingerprint density at radius 1 is 0.659 bits per heavy atom. The van der Waals surface area contributed by atoms with Gasteiger partial charge in [0.05, 0.1) is 33.9 Å². The number of carbonyl (C=O) groups is 2. The molecular weight excluding hydrogens is 575 g/mol. The van der Waals surface area contributed by atoms with Crippen molar-refractivity contribution in [2.24, 2.45) is 0 Å². The lowest BCUT2D eigenvalue weighted by atomic mass is 10.1. The lowest BCUT2D eigenvalue weighted by molar-refractivity contribution is 0.0686. The predicted octanol–water partition coefficient (Wildman–Crippen LogP) is 8.40. The fourth-order valence-corrected chi connectivity index (χ4v) is 7.72. The average molecular weight is 596 g/mol. The Morgan fingerprint density at radius 3 is 2.00 bits per heavy atom. The number of rotatable bonds is 7. The number of hydrogen-bond donors (Lipinski definition) is 2. The molecule has 7 nitrogen and oxygen atoms in total. The van der Waals surface area contributed by atoms with E-state index in [0.717, 1.165) is 10.4 Å². The molecule has 0 saturated carbocycles. The van der Waals surface area contributed by atoms with Crippen LogP contribution in [0.25, 0.3) is 52.7 Å². The van der Waals surface area contributed by atoms with E-state index in [1.807, 2.05) is 12.1 Å². The van der Waals surface area contributed by atoms with Crippen molar-refractivity contribution in [3.63, 3.8) is 0 Å². The number of nitrogens with zero attached hydrogens (tertiary/aromatic N) is 3. The maximum atomic E-state index is 11.9. The third-order valence-corrected chi connectivity index (χ3v) is 10.2. The number of hydrogen-bond acceptors (Lipinski definition) is 8. The van der Waals surface area contributed by atoms with Crippen molar-refractivity contribution in [1.82, 2.24) is 15.0 Å². The maximum absolute atomic E-state index is 11.9. The van der Waals surface area contributed by atoms with Crippen LogP contribution < -0.4 is 0 Å². The van der Waals surface area contributed by atoms with Gasteiger partial charge in [0.2, 0.25) is 0 Å². The van der Waals surface area contributed by atoms with Crippen molar-refractivity contribution >= 4 is 45.9 Å². The van der Waals surface area contributed by atoms with E-state index in [0.29, 0.717) is 11.4 Å². The molecule has 0 aliphatic heterocycles. The van der Waals surface area contributed by atoms with E-state index in [1.54, 1.807) is 40.2 Å². The van der Waals surface area contributed by atoms with E-state index in [4.69, 9.17) is 0 Å². The Labute approximate surface area is 247 Å². The summed E-state index contributed by atoms with van der Waals surface area (Å²) < 4.78 is 0. The molecule has 0 amide bonds. The molecule has 6 heterocycles. The Morgan fingerprint density at radius 2 is 1.32 bits per heavy atom. The Balaban J connectivity index is 1.37. The minimum absolute atomic E-state index is 0.00317. The van der Waals surface area contributed by atoms with Gasteiger partial charge in [-0.25, -0.2) is 14.6 Å². The van der Waals surface area contributed by atoms with Crippen LogP contribution in [0, 0.1) is 13.8 Å². The molecule has 0 unspecified atom stereocenters. The quantitative estimate of drug-likeness (QED) is 0.190. The van der Waals surface area contributed by atoms with Crippen LogP contribution >= 0.6 is 34.0 Å². The molecule has 0 bridgehead atoms. The van der Waals surface area contributed by atoms with Gasteiger partial charge in [-0.2, -0.15) is 0 Å². The molecule has 6 rings (SSSR count). The summed E-state index contributed by atoms with van der Waals surface area (Å²) in [5, 5.41) is 21.3. The molecule has 6 aromatic heterocycles. The first-order valence-corrected chi connectivity index (χ1v) is 14.9. The second-order valence-corrected chi connectivity index (χ2v) is 12.4. The maximum Gasteiger partial charge on any atom is 0.335 e. The molecule has 0 aromatic carbocycles. The van der Waals surface area contributed by atoms with Gasteiger partial charge in [0, 0.05) is 36.8 Å². The Hall–Kier alpha value is -4.51. The second-order valence-electron chi connectivity index (χ2n) is 9.37. The largest absolute Gasteiger partial charge is 0.478 e. The number of carboxylic acids is 2. The van der Waals surface area contributed by atoms with Gasteiger partial charge >= 0.3 is 11.9 Å². The molecule has 41 heavy (non-hydrogen) atoms. The number of pyridine rings is 3. The fraction of sp³-hybridized carbons (Fsp3) is 0.0645. The van der Waals surface area contributed by atoms with Crippen LogP contribution in [0.4, 0.5) is 0 Å². The normalized spacial score (nSPS) is 11.1. The summed E-state index contributed by atoms with van der Waals surface area (Å²) in [5.74, 6) is -2.24. The zero-order chi connectivity index (χ0) is 28.7. The average Bonchev–Trinajstić information content (AvgIpc) is 3.72. The van der Waals surface area contributed by atoms with E-state index in [-0.39, 0.29) is 22.5 Å². The molecule has 0 aliphatic rings. The Bertz CT molecular complexity index is 1950. The number of aromatic nitrogens is 3. The van der Waals surface area contributed by atoms with Gasteiger partial charge in [-0.1, -0.05) is 0 Å². The summed E-state index contributed by atoms with van der Waals surface area (Å²) in [6.07, 6.45) is 3.04. The van der Waals surface area contributed by atoms with Crippen LogP contribution in [0.1, 0.15) is 31.8 Å². The molecule has 2 N–H and O–H groups in total. The molecule has 0 atom stereocenters. The molecule has 0 radical (unpaired) electrons. The van der Waals surface area contributed by atoms with Crippen LogP contribution in [-0.2, 0) is 0 Å². The highest BCUT2D eigenvalue weighted by molar-refractivity contribution is 7.27. The summed E-state index contributed by atoms with van der Waals surface area (Å²) in [6, 6.07) is 18.1. The van der Waals surface area contributed by atoms with Crippen LogP contribution in [-0.4, -0.2) is 37.1 Å². The number of aromatic carboxylic acids is 2. The zero-order valence-electron chi connectivity index (χ0n) is 21.8. The van der Waals surface area contributed by atoms with Crippen LogP contribution in [0.3, 0.4) is 0 Å². The van der Waals surface area contributed by atoms with Gasteiger partial charge in [-0.3, -0.25) is 9.97 Å². The summed E-state index contributed by atoms with van der Waals surface area (Å²) in [6.45, 7) is 4.21. The minimum Gasteiger partial charge on any atom is -0.478 e. The first-order chi connectivity index (χ1) is 19.7. The van der Waals surface area contributed by atoms with Crippen molar-refractivity contribution in [1.29, 1.82) is 0 Å². The molecule has 0 aliphatic carbocycles. The van der Waals surface area contributed by atoms with E-state index in [2.05, 4.69) is 58.4 Å². The van der Waals surface area contributed by atoms with Gasteiger partial charge in [0.1, 0.15) is 0 Å². The third-order valence-electron chi connectivity index (χ3n) is 6.37. The minimum atomic E-state index is -1.13. The monoisotopic (exact) mass is 595 g/mol. The second kappa shape index (κ2) is 10.8. The number of aryl methyl sites for hydroxylation is 2. The molecule has 0 fully saturated rings. The standard InChI is InChI=1S/C31H21N3O4S3/c1-16-9-28(39-15-16)25-3-4-26(40-25)29-17(2)10-27(41-29)18-5-7-32-21(11-18)23-13-20(31(37)38)14-24(34-23)22-12-19(30(35)36)6-8-33-22/h3-15H,1-2H3,(H,35,36)(H,37,38). The SMILES string of the molecule is Cc1csc(-c2ccc(-c3sc(-c4ccnc(-c5cc(C(=O)O)cc(-c6cc(C(=O)O)ccn6)n5)c4)cc3C)s2)c1. The number of carboxylic acid groups (broad SMARTS) is 2. The van der Waals surface area contributed by atoms with Gasteiger partial charge < -0.3 is 10.2 Å². The van der Waals surface area contributed by atoms with Crippen LogP contribution in [0.2, 0.25) is 0 Å². The van der Waals surface area contributed by atoms with Crippen molar-refractivity contribution < 1.29 is 19.8 Å². The first kappa shape index (κ1) is 26.7. The lowest BCUT2D eigenvalue weighted by Gasteiger charge is -2.08. The van der Waals surface area contributed by atoms with E-state index < -0.39 is 11.9 Å². The summed E-state index contributed by atoms with van der Waals surface area (Å²) >= 11 is 5.24. The van der Waals surface area contributed by atoms with Crippen LogP contribution in [0.5, 0.6) is 0 Å². The molecule has 0 saturated heterocycles. The summed E-state index contributed by atoms with van der Waals surface area (Å²) in [4.78, 5) is 42.7. The van der Waals surface area contributed by atoms with E-state index in [9.17, 15) is 19.8 Å². The zero-order valence-corrected chi connectivity index (χ0v) is 24.2. The van der Waals surface area contributed by atoms with Crippen molar-refractivity contribution in [2.75, 3.05) is 0 Å². The highest BCUT2D eigenvalue weighted by Gasteiger charge is 2.17. The molecule has 10 heteroatoms. The van der Waals surface area contributed by atoms with Crippen molar-refractivity contribution in [3.05, 3.63) is 101 Å². The smallest absolute Gasteiger partial charge is 0.335 e. The van der Waals surface area contributed by atoms with E-state index >= 15 is 0 Å². The first-order valence-electron chi connectivity index (χ1n) is 12.4. The van der Waals surface area contributed by atoms with E-state index in [1.165, 1.54) is 61.1 Å². The van der Waals surface area contributed by atoms with Gasteiger partial charge in [-0.05, 0) is 96.6 Å². The molecular formula is C31H21N3O4S3. The van der Waals surface area contributed by atoms with Gasteiger partial charge in [0.25, 0.3) is 0 Å². The Kier molecular flexibility index (Phi) is 7.04. The summed E-state index contributed by atoms with van der Waals surface area (Å²) in [7, 11) is 0. The van der Waals surface area contributed by atoms with Gasteiger partial charge in [0.15, 0.2) is 0 Å². The summed E-state index contributed by atoms with van der Waals surface area (Å²) in [5.41, 5.74) is 4.79. The molecule has 202 valence electrons. The number of thiophene rings is 3. The third kappa shape index (κ3) is 5.45. The van der Waals surface area contributed by atoms with Gasteiger partial charge in [-0.15, -0.1) is 34.0 Å². The van der Waals surface area contributed by atoms with Crippen LogP contribution in [0.15, 0.2) is 78.4 Å². The molecule has 0 spiro atoms. The highest BCUT2D eigenvalue weighted by Crippen LogP contribution is 2.44. The fourth-order valence-electron chi connectivity index (χ4n) is 4.37. The van der Waals surface area contributed by atoms with Crippen molar-refractivity contribution in [3.8, 4) is 52.7 Å². The lowest BCUT2D eigenvalue weighted by Crippen LogP contribution is -2.02. The van der Waals surface area contributed by atoms with Crippen molar-refractivity contribution in [2.45, 2.75) is 13.8 Å². The highest BCUT2D eigenvalue weighted by atomic mass is 32.1. The topological polar surface area (TPSA) is 113 Å². The molecule has 6 aromatic rings. The predicted molar refractivity (Wildman–Crippen MR) is 164 cm³/mol.